The summed E-state index contributed by atoms with van der Waals surface area (Å²) in [5.74, 6) is 1.63. The number of hydrogen-bond donors (Lipinski definition) is 3. The van der Waals surface area contributed by atoms with Crippen LogP contribution in [0.4, 0.5) is 0 Å². The Balaban J connectivity index is 1.60. The number of guanidine groups is 1. The number of rotatable bonds is 8. The first kappa shape index (κ1) is 19.8. The smallest absolute Gasteiger partial charge is 0.251 e. The summed E-state index contributed by atoms with van der Waals surface area (Å²) in [5, 5.41) is 9.38. The van der Waals surface area contributed by atoms with Gasteiger partial charge in [0.1, 0.15) is 0 Å². The molecule has 0 heterocycles. The average molecular weight is 371 g/mol. The minimum absolute atomic E-state index is 0.0577. The molecule has 5 nitrogen and oxygen atoms in total. The summed E-state index contributed by atoms with van der Waals surface area (Å²) in [4.78, 5) is 17.5. The van der Waals surface area contributed by atoms with E-state index in [2.05, 4.69) is 33.1 Å². The molecule has 0 saturated heterocycles. The first-order valence-electron chi connectivity index (χ1n) is 8.66. The van der Waals surface area contributed by atoms with Crippen molar-refractivity contribution in [3.05, 3.63) is 65.7 Å². The van der Waals surface area contributed by atoms with Gasteiger partial charge in [0.2, 0.25) is 0 Å². The Hall–Kier alpha value is -2.47. The summed E-state index contributed by atoms with van der Waals surface area (Å²) >= 11 is 1.80. The summed E-state index contributed by atoms with van der Waals surface area (Å²) in [6.07, 6.45) is 0. The molecule has 2 rings (SSSR count). The summed E-state index contributed by atoms with van der Waals surface area (Å²) < 4.78 is 0. The lowest BCUT2D eigenvalue weighted by molar-refractivity contribution is 0.0954. The maximum Gasteiger partial charge on any atom is 0.251 e. The Labute approximate surface area is 159 Å². The zero-order valence-corrected chi connectivity index (χ0v) is 16.1. The summed E-state index contributed by atoms with van der Waals surface area (Å²) in [6, 6.07) is 17.9. The van der Waals surface area contributed by atoms with Gasteiger partial charge in [0.15, 0.2) is 5.96 Å². The van der Waals surface area contributed by atoms with Gasteiger partial charge in [-0.2, -0.15) is 0 Å². The van der Waals surface area contributed by atoms with Crippen LogP contribution in [0.15, 0.2) is 64.5 Å². The van der Waals surface area contributed by atoms with Gasteiger partial charge >= 0.3 is 0 Å². The number of aliphatic imine (C=N–C) groups is 1. The van der Waals surface area contributed by atoms with Crippen LogP contribution in [-0.2, 0) is 0 Å². The van der Waals surface area contributed by atoms with E-state index < -0.39 is 0 Å². The van der Waals surface area contributed by atoms with E-state index in [4.69, 9.17) is 0 Å². The monoisotopic (exact) mass is 370 g/mol. The molecule has 26 heavy (non-hydrogen) atoms. The fraction of sp³-hybridized carbons (Fsp3) is 0.300. The van der Waals surface area contributed by atoms with Gasteiger partial charge in [0.25, 0.3) is 5.91 Å². The van der Waals surface area contributed by atoms with Crippen molar-refractivity contribution < 1.29 is 4.79 Å². The van der Waals surface area contributed by atoms with Gasteiger partial charge < -0.3 is 16.0 Å². The van der Waals surface area contributed by atoms with Crippen LogP contribution in [0.3, 0.4) is 0 Å². The highest BCUT2D eigenvalue weighted by Gasteiger charge is 2.04. The summed E-state index contributed by atoms with van der Waals surface area (Å²) in [6.45, 7) is 3.94. The van der Waals surface area contributed by atoms with E-state index in [9.17, 15) is 4.79 Å². The molecule has 0 atom stereocenters. The number of aryl methyl sites for hydroxylation is 1. The number of nitrogens with one attached hydrogen (secondary N) is 3. The molecule has 2 aromatic carbocycles. The Kier molecular flexibility index (Phi) is 8.55. The molecule has 0 radical (unpaired) electrons. The highest BCUT2D eigenvalue weighted by atomic mass is 32.2. The second kappa shape index (κ2) is 11.2. The Bertz CT molecular complexity index is 719. The molecule has 0 aromatic heterocycles. The zero-order valence-electron chi connectivity index (χ0n) is 15.3. The van der Waals surface area contributed by atoms with E-state index in [1.54, 1.807) is 18.8 Å². The third-order valence-corrected chi connectivity index (χ3v) is 4.63. The predicted molar refractivity (Wildman–Crippen MR) is 110 cm³/mol. The molecule has 0 fully saturated rings. The van der Waals surface area contributed by atoms with Gasteiger partial charge in [-0.15, -0.1) is 11.8 Å². The van der Waals surface area contributed by atoms with Crippen LogP contribution in [-0.4, -0.2) is 44.3 Å². The number of hydrogen-bond acceptors (Lipinski definition) is 3. The van der Waals surface area contributed by atoms with E-state index in [0.29, 0.717) is 18.7 Å². The molecular formula is C20H26N4OS. The fourth-order valence-electron chi connectivity index (χ4n) is 2.32. The lowest BCUT2D eigenvalue weighted by Gasteiger charge is -2.12. The van der Waals surface area contributed by atoms with Crippen molar-refractivity contribution in [2.75, 3.05) is 32.4 Å². The number of carbonyl (C=O) groups excluding carboxylic acids is 1. The maximum absolute atomic E-state index is 12.1. The molecule has 2 aromatic rings. The molecule has 138 valence electrons. The minimum atomic E-state index is -0.0577. The predicted octanol–water partition coefficient (Wildman–Crippen LogP) is 2.68. The molecule has 0 aliphatic carbocycles. The van der Waals surface area contributed by atoms with E-state index in [-0.39, 0.29) is 5.91 Å². The van der Waals surface area contributed by atoms with Crippen LogP contribution in [0.1, 0.15) is 15.9 Å². The minimum Gasteiger partial charge on any atom is -0.356 e. The van der Waals surface area contributed by atoms with Crippen molar-refractivity contribution in [1.82, 2.24) is 16.0 Å². The van der Waals surface area contributed by atoms with Crippen LogP contribution in [0, 0.1) is 6.92 Å². The molecule has 0 unspecified atom stereocenters. The van der Waals surface area contributed by atoms with Crippen LogP contribution < -0.4 is 16.0 Å². The third kappa shape index (κ3) is 7.19. The van der Waals surface area contributed by atoms with Crippen molar-refractivity contribution in [1.29, 1.82) is 0 Å². The highest BCUT2D eigenvalue weighted by molar-refractivity contribution is 7.99. The largest absolute Gasteiger partial charge is 0.356 e. The van der Waals surface area contributed by atoms with Gasteiger partial charge in [-0.1, -0.05) is 35.9 Å². The molecule has 3 N–H and O–H groups in total. The van der Waals surface area contributed by atoms with Gasteiger partial charge in [-0.05, 0) is 31.2 Å². The molecule has 6 heteroatoms. The second-order valence-corrected chi connectivity index (χ2v) is 6.88. The molecule has 0 bridgehead atoms. The van der Waals surface area contributed by atoms with Crippen molar-refractivity contribution in [3.63, 3.8) is 0 Å². The third-order valence-electron chi connectivity index (χ3n) is 3.61. The van der Waals surface area contributed by atoms with Gasteiger partial charge in [0, 0.05) is 42.9 Å². The Morgan fingerprint density at radius 1 is 0.962 bits per heavy atom. The van der Waals surface area contributed by atoms with E-state index in [0.717, 1.165) is 23.8 Å². The van der Waals surface area contributed by atoms with Gasteiger partial charge in [-0.25, -0.2) is 0 Å². The summed E-state index contributed by atoms with van der Waals surface area (Å²) in [5.41, 5.74) is 1.76. The SMILES string of the molecule is CN=C(NCCNC(=O)c1cccc(C)c1)NCCSc1ccccc1. The van der Waals surface area contributed by atoms with Crippen LogP contribution in [0.5, 0.6) is 0 Å². The first-order valence-corrected chi connectivity index (χ1v) is 9.65. The van der Waals surface area contributed by atoms with Gasteiger partial charge in [-0.3, -0.25) is 9.79 Å². The standard InChI is InChI=1S/C20H26N4OS/c1-16-7-6-8-17(15-16)19(25)22-11-12-23-20(21-2)24-13-14-26-18-9-4-3-5-10-18/h3-10,15H,11-14H2,1-2H3,(H,22,25)(H2,21,23,24). The second-order valence-electron chi connectivity index (χ2n) is 5.71. The quantitative estimate of drug-likeness (QED) is 0.289. The van der Waals surface area contributed by atoms with Crippen molar-refractivity contribution in [3.8, 4) is 0 Å². The highest BCUT2D eigenvalue weighted by Crippen LogP contribution is 2.15. The van der Waals surface area contributed by atoms with E-state index >= 15 is 0 Å². The van der Waals surface area contributed by atoms with Crippen LogP contribution in [0.25, 0.3) is 0 Å². The molecule has 0 spiro atoms. The van der Waals surface area contributed by atoms with Crippen LogP contribution in [0.2, 0.25) is 0 Å². The number of carbonyl (C=O) groups is 1. The van der Waals surface area contributed by atoms with Crippen molar-refractivity contribution >= 4 is 23.6 Å². The Morgan fingerprint density at radius 3 is 2.42 bits per heavy atom. The molecule has 0 aliphatic heterocycles. The van der Waals surface area contributed by atoms with E-state index in [1.165, 1.54) is 4.90 Å². The molecule has 0 saturated carbocycles. The maximum atomic E-state index is 12.1. The summed E-state index contributed by atoms with van der Waals surface area (Å²) in [7, 11) is 1.74. The lowest BCUT2D eigenvalue weighted by atomic mass is 10.1. The van der Waals surface area contributed by atoms with Crippen molar-refractivity contribution in [2.45, 2.75) is 11.8 Å². The zero-order chi connectivity index (χ0) is 18.6. The number of nitrogens with zero attached hydrogens (tertiary/aromatic N) is 1. The molecular weight excluding hydrogens is 344 g/mol. The molecule has 1 amide bonds. The first-order chi connectivity index (χ1) is 12.7. The topological polar surface area (TPSA) is 65.5 Å². The number of amides is 1. The van der Waals surface area contributed by atoms with Crippen LogP contribution >= 0.6 is 11.8 Å². The van der Waals surface area contributed by atoms with Crippen molar-refractivity contribution in [2.24, 2.45) is 4.99 Å². The number of thioether (sulfide) groups is 1. The normalized spacial score (nSPS) is 11.1. The molecule has 0 aliphatic rings. The number of benzene rings is 2. The average Bonchev–Trinajstić information content (AvgIpc) is 2.67. The Morgan fingerprint density at radius 2 is 1.69 bits per heavy atom. The van der Waals surface area contributed by atoms with Gasteiger partial charge in [0.05, 0.1) is 0 Å². The lowest BCUT2D eigenvalue weighted by Crippen LogP contribution is -2.42. The van der Waals surface area contributed by atoms with E-state index in [1.807, 2.05) is 49.4 Å². The fourth-order valence-corrected chi connectivity index (χ4v) is 3.11.